The van der Waals surface area contributed by atoms with E-state index in [-0.39, 0.29) is 6.71 Å². The van der Waals surface area contributed by atoms with Gasteiger partial charge in [0.2, 0.25) is 0 Å². The number of nitrogens with zero attached hydrogens (tertiary/aromatic N) is 5. The maximum atomic E-state index is 4.68. The van der Waals surface area contributed by atoms with Gasteiger partial charge in [-0.15, -0.1) is 0 Å². The third-order valence-electron chi connectivity index (χ3n) is 5.09. The number of rotatable bonds is 0. The first kappa shape index (κ1) is 12.9. The van der Waals surface area contributed by atoms with Crippen molar-refractivity contribution in [3.63, 3.8) is 0 Å². The van der Waals surface area contributed by atoms with Gasteiger partial charge in [0, 0.05) is 30.3 Å². The third kappa shape index (κ3) is 1.66. The maximum absolute atomic E-state index is 4.68. The second kappa shape index (κ2) is 4.44. The number of aromatic nitrogens is 5. The molecule has 0 bridgehead atoms. The van der Waals surface area contributed by atoms with Gasteiger partial charge in [0.25, 0.3) is 6.33 Å². The van der Waals surface area contributed by atoms with E-state index in [1.807, 2.05) is 31.1 Å². The van der Waals surface area contributed by atoms with Crippen LogP contribution in [-0.4, -0.2) is 21.7 Å². The van der Waals surface area contributed by atoms with Crippen molar-refractivity contribution in [1.82, 2.24) is 15.0 Å². The normalized spacial score (nSPS) is 14.1. The fourth-order valence-electron chi connectivity index (χ4n) is 4.16. The fourth-order valence-corrected chi connectivity index (χ4v) is 4.16. The summed E-state index contributed by atoms with van der Waals surface area (Å²) in [6.07, 6.45) is 11.5. The zero-order valence-electron chi connectivity index (χ0n) is 13.2. The van der Waals surface area contributed by atoms with Gasteiger partial charge in [0.05, 0.1) is 18.8 Å². The van der Waals surface area contributed by atoms with Crippen molar-refractivity contribution in [3.8, 4) is 0 Å². The predicted molar refractivity (Wildman–Crippen MR) is 85.3 cm³/mol. The first-order valence-corrected chi connectivity index (χ1v) is 7.86. The van der Waals surface area contributed by atoms with E-state index >= 15 is 0 Å². The minimum atomic E-state index is 0.188. The van der Waals surface area contributed by atoms with Gasteiger partial charge in [0.1, 0.15) is 18.9 Å². The Hall–Kier alpha value is -2.63. The van der Waals surface area contributed by atoms with Crippen molar-refractivity contribution < 1.29 is 9.13 Å². The van der Waals surface area contributed by atoms with Crippen LogP contribution in [0.4, 0.5) is 0 Å². The van der Waals surface area contributed by atoms with Crippen molar-refractivity contribution in [1.29, 1.82) is 0 Å². The molecular weight excluding hydrogens is 285 g/mol. The zero-order chi connectivity index (χ0) is 15.6. The van der Waals surface area contributed by atoms with Gasteiger partial charge < -0.3 is 0 Å². The van der Waals surface area contributed by atoms with Gasteiger partial charge in [-0.3, -0.25) is 4.98 Å². The number of hydrogen-bond donors (Lipinski definition) is 0. The van der Waals surface area contributed by atoms with E-state index in [0.717, 1.165) is 18.5 Å². The van der Waals surface area contributed by atoms with E-state index in [1.165, 1.54) is 33.5 Å². The Morgan fingerprint density at radius 3 is 2.70 bits per heavy atom. The highest BCUT2D eigenvalue weighted by molar-refractivity contribution is 6.95. The molecule has 0 amide bonds. The minimum absolute atomic E-state index is 0.188. The fraction of sp³-hybridized carbons (Fsp3) is 0.235. The van der Waals surface area contributed by atoms with Gasteiger partial charge in [-0.2, -0.15) is 0 Å². The molecule has 5 rings (SSSR count). The smallest absolute Gasteiger partial charge is 0.261 e. The molecule has 0 fully saturated rings. The lowest BCUT2D eigenvalue weighted by Crippen LogP contribution is -2.75. The molecule has 0 aliphatic carbocycles. The molecule has 0 aromatic carbocycles. The van der Waals surface area contributed by atoms with Crippen LogP contribution in [-0.2, 0) is 26.9 Å². The molecule has 5 nitrogen and oxygen atoms in total. The standard InChI is InChI=1S/C17H16BN5/c1-22-6-5-21-14-7-11-3-4-20-13-8-12-9-19-10-23(2)16(12)18(15(11)13)17(14)22/h3-6,9-10H,7-8H2,1-2H3/q+2. The van der Waals surface area contributed by atoms with Crippen molar-refractivity contribution in [3.05, 3.63) is 59.7 Å². The quantitative estimate of drug-likeness (QED) is 0.242. The molecule has 0 N–H and O–H groups in total. The molecule has 5 heterocycles. The highest BCUT2D eigenvalue weighted by Crippen LogP contribution is 2.17. The van der Waals surface area contributed by atoms with Crippen LogP contribution in [0.1, 0.15) is 22.5 Å². The van der Waals surface area contributed by atoms with E-state index in [4.69, 9.17) is 0 Å². The highest BCUT2D eigenvalue weighted by atomic mass is 15.0. The third-order valence-corrected chi connectivity index (χ3v) is 5.09. The summed E-state index contributed by atoms with van der Waals surface area (Å²) in [6, 6.07) is 2.15. The lowest BCUT2D eigenvalue weighted by Gasteiger charge is -2.28. The van der Waals surface area contributed by atoms with Crippen LogP contribution in [0.5, 0.6) is 0 Å². The van der Waals surface area contributed by atoms with E-state index in [0.29, 0.717) is 0 Å². The zero-order valence-corrected chi connectivity index (χ0v) is 13.2. The monoisotopic (exact) mass is 301 g/mol. The summed E-state index contributed by atoms with van der Waals surface area (Å²) in [5.41, 5.74) is 8.92. The van der Waals surface area contributed by atoms with E-state index in [2.05, 4.69) is 44.2 Å². The Morgan fingerprint density at radius 2 is 1.78 bits per heavy atom. The summed E-state index contributed by atoms with van der Waals surface area (Å²) in [7, 11) is 4.19. The van der Waals surface area contributed by atoms with Crippen LogP contribution in [0.3, 0.4) is 0 Å². The van der Waals surface area contributed by atoms with Crippen LogP contribution in [0, 0.1) is 0 Å². The highest BCUT2D eigenvalue weighted by Gasteiger charge is 2.47. The van der Waals surface area contributed by atoms with E-state index in [1.54, 1.807) is 0 Å². The molecule has 2 aliphatic heterocycles. The topological polar surface area (TPSA) is 46.4 Å². The van der Waals surface area contributed by atoms with Gasteiger partial charge in [-0.1, -0.05) is 4.98 Å². The van der Waals surface area contributed by atoms with Crippen molar-refractivity contribution in [2.24, 2.45) is 14.1 Å². The van der Waals surface area contributed by atoms with Crippen LogP contribution < -0.4 is 25.8 Å². The lowest BCUT2D eigenvalue weighted by molar-refractivity contribution is -0.661. The van der Waals surface area contributed by atoms with Crippen LogP contribution in [0.15, 0.2) is 37.2 Å². The Labute approximate surface area is 134 Å². The van der Waals surface area contributed by atoms with Crippen LogP contribution in [0.25, 0.3) is 0 Å². The molecule has 0 saturated heterocycles. The lowest BCUT2D eigenvalue weighted by atomic mass is 9.34. The summed E-state index contributed by atoms with van der Waals surface area (Å²) >= 11 is 0. The Morgan fingerprint density at radius 1 is 0.957 bits per heavy atom. The van der Waals surface area contributed by atoms with E-state index in [9.17, 15) is 0 Å². The van der Waals surface area contributed by atoms with Gasteiger partial charge >= 0.3 is 6.71 Å². The summed E-state index contributed by atoms with van der Waals surface area (Å²) < 4.78 is 4.37. The molecule has 2 aliphatic rings. The van der Waals surface area contributed by atoms with Gasteiger partial charge in [0.15, 0.2) is 11.8 Å². The van der Waals surface area contributed by atoms with Crippen LogP contribution >= 0.6 is 0 Å². The van der Waals surface area contributed by atoms with Crippen molar-refractivity contribution >= 4 is 23.4 Å². The molecule has 0 saturated carbocycles. The molecule has 0 unspecified atom stereocenters. The average molecular weight is 301 g/mol. The van der Waals surface area contributed by atoms with Gasteiger partial charge in [-0.05, 0) is 17.1 Å². The minimum Gasteiger partial charge on any atom is -0.261 e. The summed E-state index contributed by atoms with van der Waals surface area (Å²) in [5, 5.41) is 0. The first-order valence-electron chi connectivity index (χ1n) is 7.86. The number of fused-ring (bicyclic) bond motifs is 4. The summed E-state index contributed by atoms with van der Waals surface area (Å²) in [6.45, 7) is 0.188. The Bertz CT molecular complexity index is 863. The van der Waals surface area contributed by atoms with Crippen LogP contribution in [0.2, 0.25) is 0 Å². The predicted octanol–water partition coefficient (Wildman–Crippen LogP) is -2.15. The number of aryl methyl sites for hydroxylation is 2. The first-order chi connectivity index (χ1) is 11.2. The number of hydrogen-bond acceptors (Lipinski definition) is 3. The molecule has 6 heteroatoms. The molecule has 23 heavy (non-hydrogen) atoms. The average Bonchev–Trinajstić information content (AvgIpc) is 2.55. The molecule has 3 aromatic heterocycles. The van der Waals surface area contributed by atoms with Crippen molar-refractivity contribution in [2.75, 3.05) is 0 Å². The summed E-state index contributed by atoms with van der Waals surface area (Å²) in [4.78, 5) is 13.7. The maximum Gasteiger partial charge on any atom is 0.379 e. The molecule has 3 aromatic rings. The second-order valence-corrected chi connectivity index (χ2v) is 6.40. The molecule has 0 atom stereocenters. The SMILES string of the molecule is C[n+]1cncc2c1B1c3c(ccnc3C2)Cc2ncc[n+](C)c21. The molecule has 110 valence electrons. The second-order valence-electron chi connectivity index (χ2n) is 6.40. The van der Waals surface area contributed by atoms with Gasteiger partial charge in [-0.25, -0.2) is 14.1 Å². The van der Waals surface area contributed by atoms with Crippen molar-refractivity contribution in [2.45, 2.75) is 12.8 Å². The molecular formula is C17H16BN5+2. The molecule has 0 spiro atoms. The largest absolute Gasteiger partial charge is 0.379 e. The Balaban J connectivity index is 1.91. The molecule has 0 radical (unpaired) electrons. The summed E-state index contributed by atoms with van der Waals surface area (Å²) in [5.74, 6) is 0. The van der Waals surface area contributed by atoms with E-state index < -0.39 is 0 Å². The number of pyridine rings is 1. The Kier molecular flexibility index (Phi) is 2.49.